The number of carbonyl (C=O) groups excluding carboxylic acids is 1. The highest BCUT2D eigenvalue weighted by Gasteiger charge is 2.67. The third-order valence-corrected chi connectivity index (χ3v) is 6.41. The lowest BCUT2D eigenvalue weighted by Gasteiger charge is -2.59. The zero-order valence-corrected chi connectivity index (χ0v) is 15.1. The highest BCUT2D eigenvalue weighted by Crippen LogP contribution is 2.53. The molecule has 0 radical (unpaired) electrons. The van der Waals surface area contributed by atoms with Crippen LogP contribution in [0, 0.1) is 16.0 Å². The fourth-order valence-electron chi connectivity index (χ4n) is 4.88. The van der Waals surface area contributed by atoms with Crippen molar-refractivity contribution in [2.45, 2.75) is 56.7 Å². The molecule has 1 saturated carbocycles. The van der Waals surface area contributed by atoms with Crippen LogP contribution >= 0.6 is 0 Å². The Bertz CT molecular complexity index is 650. The third kappa shape index (κ3) is 2.72. The lowest BCUT2D eigenvalue weighted by atomic mass is 9.51. The monoisotopic (exact) mass is 346 g/mol. The molecule has 6 heteroatoms. The Hall–Kier alpha value is -1.95. The van der Waals surface area contributed by atoms with Gasteiger partial charge >= 0.3 is 5.97 Å². The molecule has 1 aromatic rings. The number of methoxy groups -OCH3 is 1. The first kappa shape index (κ1) is 17.9. The molecule has 0 amide bonds. The fraction of sp³-hybridized carbons (Fsp3) is 0.632. The Kier molecular flexibility index (Phi) is 4.82. The Balaban J connectivity index is 2.02. The van der Waals surface area contributed by atoms with Gasteiger partial charge in [-0.2, -0.15) is 0 Å². The Morgan fingerprint density at radius 2 is 2.00 bits per heavy atom. The summed E-state index contributed by atoms with van der Waals surface area (Å²) in [6, 6.07) is 8.61. The number of benzene rings is 1. The topological polar surface area (TPSA) is 72.7 Å². The third-order valence-electron chi connectivity index (χ3n) is 6.41. The molecular formula is C19H26N2O4. The van der Waals surface area contributed by atoms with Crippen molar-refractivity contribution in [1.82, 2.24) is 4.90 Å². The smallest absolute Gasteiger partial charge is 0.323 e. The Morgan fingerprint density at radius 3 is 2.60 bits per heavy atom. The van der Waals surface area contributed by atoms with Crippen molar-refractivity contribution in [2.75, 3.05) is 13.7 Å². The molecule has 3 rings (SSSR count). The molecule has 0 N–H and O–H groups in total. The molecule has 5 atom stereocenters. The maximum absolute atomic E-state index is 12.3. The Morgan fingerprint density at radius 1 is 1.32 bits per heavy atom. The first-order chi connectivity index (χ1) is 11.9. The second-order valence-corrected chi connectivity index (χ2v) is 7.43. The van der Waals surface area contributed by atoms with Gasteiger partial charge in [-0.1, -0.05) is 50.6 Å². The number of hydrogen-bond acceptors (Lipinski definition) is 5. The summed E-state index contributed by atoms with van der Waals surface area (Å²) in [6.07, 6.45) is 2.60. The number of hydrogen-bond donors (Lipinski definition) is 0. The van der Waals surface area contributed by atoms with Crippen LogP contribution in [0.3, 0.4) is 0 Å². The van der Waals surface area contributed by atoms with E-state index in [1.165, 1.54) is 7.11 Å². The molecule has 2 fully saturated rings. The second kappa shape index (κ2) is 6.75. The summed E-state index contributed by atoms with van der Waals surface area (Å²) in [4.78, 5) is 26.0. The molecule has 5 unspecified atom stereocenters. The maximum Gasteiger partial charge on any atom is 0.323 e. The number of nitro groups is 1. The van der Waals surface area contributed by atoms with Crippen LogP contribution in [0.2, 0.25) is 0 Å². The van der Waals surface area contributed by atoms with E-state index in [1.54, 1.807) is 0 Å². The van der Waals surface area contributed by atoms with Crippen molar-refractivity contribution in [1.29, 1.82) is 0 Å². The minimum Gasteiger partial charge on any atom is -0.468 e. The number of rotatable bonds is 4. The summed E-state index contributed by atoms with van der Waals surface area (Å²) in [5, 5.41) is 11.8. The highest BCUT2D eigenvalue weighted by molar-refractivity contribution is 5.76. The summed E-state index contributed by atoms with van der Waals surface area (Å²) in [5.74, 6) is -0.383. The molecule has 6 nitrogen and oxygen atoms in total. The number of nitrogens with zero attached hydrogens (tertiary/aromatic N) is 2. The summed E-state index contributed by atoms with van der Waals surface area (Å²) < 4.78 is 4.98. The molecule has 1 saturated heterocycles. The molecule has 1 aliphatic carbocycles. The van der Waals surface area contributed by atoms with E-state index in [1.807, 2.05) is 37.3 Å². The van der Waals surface area contributed by atoms with Gasteiger partial charge in [-0.05, 0) is 24.9 Å². The van der Waals surface area contributed by atoms with Crippen molar-refractivity contribution < 1.29 is 14.5 Å². The van der Waals surface area contributed by atoms with E-state index in [0.29, 0.717) is 13.0 Å². The number of ether oxygens (including phenoxy) is 1. The van der Waals surface area contributed by atoms with Crippen LogP contribution in [0.4, 0.5) is 0 Å². The maximum atomic E-state index is 12.3. The summed E-state index contributed by atoms with van der Waals surface area (Å²) in [6.45, 7) is 4.75. The van der Waals surface area contributed by atoms with E-state index < -0.39 is 6.04 Å². The number of esters is 1. The van der Waals surface area contributed by atoms with Crippen molar-refractivity contribution in [2.24, 2.45) is 5.92 Å². The summed E-state index contributed by atoms with van der Waals surface area (Å²) >= 11 is 0. The standard InChI is InChI=1S/C19H26N2O4/c1-13-16(21(23)24)17(19(13,2)14-9-5-4-6-10-14)20-12-8-7-11-15(20)18(22)25-3/h4-6,9-10,13,15-17H,7-8,11-12H2,1-3H3. The zero-order valence-electron chi connectivity index (χ0n) is 15.1. The van der Waals surface area contributed by atoms with E-state index in [2.05, 4.69) is 11.8 Å². The van der Waals surface area contributed by atoms with Crippen molar-refractivity contribution in [3.05, 3.63) is 46.0 Å². The summed E-state index contributed by atoms with van der Waals surface area (Å²) in [5.41, 5.74) is 0.739. The highest BCUT2D eigenvalue weighted by atomic mass is 16.6. The predicted octanol–water partition coefficient (Wildman–Crippen LogP) is 2.64. The molecular weight excluding hydrogens is 320 g/mol. The van der Waals surface area contributed by atoms with Crippen molar-refractivity contribution >= 4 is 5.97 Å². The Labute approximate surface area is 148 Å². The van der Waals surface area contributed by atoms with Crippen LogP contribution in [0.15, 0.2) is 30.3 Å². The SMILES string of the molecule is COC(=O)C1CCCCN1C1C([N+](=O)[O-])C(C)C1(C)c1ccccc1. The number of piperidine rings is 1. The molecule has 0 aromatic heterocycles. The molecule has 0 spiro atoms. The van der Waals surface area contributed by atoms with Gasteiger partial charge < -0.3 is 4.74 Å². The fourth-order valence-corrected chi connectivity index (χ4v) is 4.88. The van der Waals surface area contributed by atoms with E-state index >= 15 is 0 Å². The van der Waals surface area contributed by atoms with Crippen LogP contribution < -0.4 is 0 Å². The van der Waals surface area contributed by atoms with Gasteiger partial charge in [0.15, 0.2) is 0 Å². The average Bonchev–Trinajstić information content (AvgIpc) is 2.64. The largest absolute Gasteiger partial charge is 0.468 e. The minimum absolute atomic E-state index is 0.102. The first-order valence-corrected chi connectivity index (χ1v) is 8.95. The normalized spacial score (nSPS) is 35.6. The molecule has 25 heavy (non-hydrogen) atoms. The molecule has 1 aromatic carbocycles. The van der Waals surface area contributed by atoms with Gasteiger partial charge in [-0.15, -0.1) is 0 Å². The van der Waals surface area contributed by atoms with Crippen LogP contribution in [-0.4, -0.2) is 47.6 Å². The van der Waals surface area contributed by atoms with Crippen LogP contribution in [0.25, 0.3) is 0 Å². The first-order valence-electron chi connectivity index (χ1n) is 8.95. The van der Waals surface area contributed by atoms with Gasteiger partial charge in [0.1, 0.15) is 6.04 Å². The lowest BCUT2D eigenvalue weighted by molar-refractivity contribution is -0.565. The quantitative estimate of drug-likeness (QED) is 0.476. The van der Waals surface area contributed by atoms with Gasteiger partial charge in [-0.3, -0.25) is 19.8 Å². The van der Waals surface area contributed by atoms with Gasteiger partial charge in [0.2, 0.25) is 6.04 Å². The lowest BCUT2D eigenvalue weighted by Crippen LogP contribution is -2.75. The van der Waals surface area contributed by atoms with Crippen LogP contribution in [0.1, 0.15) is 38.7 Å². The van der Waals surface area contributed by atoms with Crippen molar-refractivity contribution in [3.63, 3.8) is 0 Å². The van der Waals surface area contributed by atoms with E-state index in [0.717, 1.165) is 18.4 Å². The molecule has 1 heterocycles. The van der Waals surface area contributed by atoms with Gasteiger partial charge in [0.05, 0.1) is 13.2 Å². The van der Waals surface area contributed by atoms with E-state index in [9.17, 15) is 14.9 Å². The zero-order chi connectivity index (χ0) is 18.2. The van der Waals surface area contributed by atoms with Crippen LogP contribution in [0.5, 0.6) is 0 Å². The predicted molar refractivity (Wildman–Crippen MR) is 93.9 cm³/mol. The van der Waals surface area contributed by atoms with Gasteiger partial charge in [-0.25, -0.2) is 0 Å². The van der Waals surface area contributed by atoms with E-state index in [-0.39, 0.29) is 34.3 Å². The average molecular weight is 346 g/mol. The van der Waals surface area contributed by atoms with Gasteiger partial charge in [0, 0.05) is 16.3 Å². The van der Waals surface area contributed by atoms with Crippen molar-refractivity contribution in [3.8, 4) is 0 Å². The minimum atomic E-state index is -0.671. The molecule has 1 aliphatic heterocycles. The molecule has 136 valence electrons. The van der Waals surface area contributed by atoms with Crippen LogP contribution in [-0.2, 0) is 14.9 Å². The summed E-state index contributed by atoms with van der Waals surface area (Å²) in [7, 11) is 1.39. The number of likely N-dealkylation sites (tertiary alicyclic amines) is 1. The molecule has 0 bridgehead atoms. The van der Waals surface area contributed by atoms with Gasteiger partial charge in [0.25, 0.3) is 0 Å². The van der Waals surface area contributed by atoms with E-state index in [4.69, 9.17) is 4.74 Å². The number of carbonyl (C=O) groups is 1. The second-order valence-electron chi connectivity index (χ2n) is 7.43. The molecule has 2 aliphatic rings.